The number of aryl methyl sites for hydroxylation is 1. The number of carbonyl (C=O) groups excluding carboxylic acids is 1. The molecule has 3 rings (SSSR count). The fraction of sp³-hybridized carbons (Fsp3) is 0.333. The molecule has 2 heterocycles. The van der Waals surface area contributed by atoms with Crippen LogP contribution in [-0.2, 0) is 11.2 Å². The van der Waals surface area contributed by atoms with Gasteiger partial charge >= 0.3 is 0 Å². The van der Waals surface area contributed by atoms with Crippen molar-refractivity contribution < 1.29 is 4.79 Å². The minimum absolute atomic E-state index is 0.0724. The molecule has 0 aliphatic carbocycles. The van der Waals surface area contributed by atoms with Crippen molar-refractivity contribution >= 4 is 45.2 Å². The Balaban J connectivity index is 1.55. The number of thioether (sulfide) groups is 1. The summed E-state index contributed by atoms with van der Waals surface area (Å²) in [5, 5.41) is 12.3. The third-order valence-corrected chi connectivity index (χ3v) is 5.41. The maximum Gasteiger partial charge on any atom is 0.236 e. The van der Waals surface area contributed by atoms with E-state index in [-0.39, 0.29) is 11.2 Å². The van der Waals surface area contributed by atoms with Gasteiger partial charge in [-0.15, -0.1) is 22.0 Å². The highest BCUT2D eigenvalue weighted by atomic mass is 32.2. The van der Waals surface area contributed by atoms with Crippen LogP contribution in [0.5, 0.6) is 0 Å². The fourth-order valence-electron chi connectivity index (χ4n) is 2.05. The van der Waals surface area contributed by atoms with Crippen LogP contribution in [0.15, 0.2) is 24.3 Å². The second kappa shape index (κ2) is 7.10. The molecule has 0 bridgehead atoms. The van der Waals surface area contributed by atoms with Gasteiger partial charge in [-0.3, -0.25) is 10.1 Å². The Morgan fingerprint density at radius 3 is 2.96 bits per heavy atom. The first-order valence-corrected chi connectivity index (χ1v) is 9.20. The zero-order valence-corrected chi connectivity index (χ0v) is 14.5. The summed E-state index contributed by atoms with van der Waals surface area (Å²) in [6.07, 6.45) is 0.825. The van der Waals surface area contributed by atoms with Crippen molar-refractivity contribution in [1.29, 1.82) is 0 Å². The number of benzene rings is 1. The van der Waals surface area contributed by atoms with Crippen LogP contribution in [0, 0.1) is 0 Å². The van der Waals surface area contributed by atoms with Crippen LogP contribution in [0.1, 0.15) is 29.9 Å². The van der Waals surface area contributed by atoms with Gasteiger partial charge in [-0.05, 0) is 25.5 Å². The summed E-state index contributed by atoms with van der Waals surface area (Å²) >= 11 is 2.95. The van der Waals surface area contributed by atoms with Crippen LogP contribution >= 0.6 is 23.1 Å². The lowest BCUT2D eigenvalue weighted by Gasteiger charge is -2.07. The quantitative estimate of drug-likeness (QED) is 0.714. The van der Waals surface area contributed by atoms with Gasteiger partial charge in [0.15, 0.2) is 0 Å². The lowest BCUT2D eigenvalue weighted by molar-refractivity contribution is -0.113. The van der Waals surface area contributed by atoms with Gasteiger partial charge in [0.05, 0.1) is 22.0 Å². The number of aromatic amines is 1. The van der Waals surface area contributed by atoms with Crippen molar-refractivity contribution in [3.05, 3.63) is 35.1 Å². The molecule has 0 radical (unpaired) electrons. The van der Waals surface area contributed by atoms with Gasteiger partial charge in [0, 0.05) is 0 Å². The Morgan fingerprint density at radius 1 is 1.39 bits per heavy atom. The molecule has 1 unspecified atom stereocenters. The van der Waals surface area contributed by atoms with E-state index in [1.807, 2.05) is 38.1 Å². The third kappa shape index (κ3) is 3.89. The molecule has 0 spiro atoms. The van der Waals surface area contributed by atoms with E-state index >= 15 is 0 Å². The second-order valence-electron chi connectivity index (χ2n) is 5.00. The van der Waals surface area contributed by atoms with Crippen LogP contribution in [0.2, 0.25) is 0 Å². The highest BCUT2D eigenvalue weighted by Crippen LogP contribution is 2.27. The molecule has 1 amide bonds. The predicted octanol–water partition coefficient (Wildman–Crippen LogP) is 3.41. The van der Waals surface area contributed by atoms with Gasteiger partial charge in [-0.1, -0.05) is 30.4 Å². The van der Waals surface area contributed by atoms with E-state index in [0.29, 0.717) is 10.9 Å². The average Bonchev–Trinajstić information content (AvgIpc) is 3.18. The Morgan fingerprint density at radius 2 is 2.22 bits per heavy atom. The van der Waals surface area contributed by atoms with E-state index in [9.17, 15) is 4.79 Å². The molecule has 120 valence electrons. The van der Waals surface area contributed by atoms with Crippen molar-refractivity contribution in [2.45, 2.75) is 25.5 Å². The first-order chi connectivity index (χ1) is 11.2. The minimum Gasteiger partial charge on any atom is -0.341 e. The molecule has 0 saturated carbocycles. The van der Waals surface area contributed by atoms with E-state index in [0.717, 1.165) is 28.3 Å². The number of hydrogen-bond acceptors (Lipinski definition) is 6. The van der Waals surface area contributed by atoms with Crippen LogP contribution in [-0.4, -0.2) is 31.8 Å². The number of amides is 1. The molecule has 0 fully saturated rings. The van der Waals surface area contributed by atoms with E-state index in [1.165, 1.54) is 23.1 Å². The number of fused-ring (bicyclic) bond motifs is 1. The molecule has 2 aromatic heterocycles. The molecule has 6 nitrogen and oxygen atoms in total. The second-order valence-corrected chi connectivity index (χ2v) is 7.39. The lowest BCUT2D eigenvalue weighted by atomic mass is 10.3. The Labute approximate surface area is 142 Å². The molecular formula is C15H17N5OS2. The maximum atomic E-state index is 12.0. The van der Waals surface area contributed by atoms with E-state index in [4.69, 9.17) is 0 Å². The van der Waals surface area contributed by atoms with Gasteiger partial charge in [-0.25, -0.2) is 4.98 Å². The normalized spacial score (nSPS) is 12.4. The largest absolute Gasteiger partial charge is 0.341 e. The monoisotopic (exact) mass is 347 g/mol. The van der Waals surface area contributed by atoms with Crippen molar-refractivity contribution in [3.8, 4) is 0 Å². The summed E-state index contributed by atoms with van der Waals surface area (Å²) in [4.78, 5) is 19.9. The molecule has 2 N–H and O–H groups in total. The first kappa shape index (κ1) is 15.9. The molecule has 0 aliphatic rings. The number of carbonyl (C=O) groups is 1. The minimum atomic E-state index is -0.0724. The standard InChI is InChI=1S/C15H17N5OS2/c1-3-13-19-20-15(23-13)18-12(21)8-22-9(2)14-16-10-6-4-5-7-11(10)17-14/h4-7,9H,3,8H2,1-2H3,(H,16,17)(H,18,20,21). The smallest absolute Gasteiger partial charge is 0.236 e. The Hall–Kier alpha value is -1.93. The number of rotatable bonds is 6. The van der Waals surface area contributed by atoms with Crippen LogP contribution in [0.25, 0.3) is 11.0 Å². The molecular weight excluding hydrogens is 330 g/mol. The molecule has 0 aliphatic heterocycles. The van der Waals surface area contributed by atoms with E-state index in [2.05, 4.69) is 25.5 Å². The van der Waals surface area contributed by atoms with Crippen molar-refractivity contribution in [2.75, 3.05) is 11.1 Å². The van der Waals surface area contributed by atoms with Gasteiger partial charge in [0.1, 0.15) is 10.8 Å². The lowest BCUT2D eigenvalue weighted by Crippen LogP contribution is -2.14. The summed E-state index contributed by atoms with van der Waals surface area (Å²) in [7, 11) is 0. The zero-order chi connectivity index (χ0) is 16.2. The summed E-state index contributed by atoms with van der Waals surface area (Å²) in [5.74, 6) is 1.16. The number of nitrogens with one attached hydrogen (secondary N) is 2. The van der Waals surface area contributed by atoms with Crippen LogP contribution < -0.4 is 5.32 Å². The Kier molecular flexibility index (Phi) is 4.92. The van der Waals surface area contributed by atoms with Gasteiger partial charge in [-0.2, -0.15) is 0 Å². The number of para-hydroxylation sites is 2. The van der Waals surface area contributed by atoms with E-state index < -0.39 is 0 Å². The number of H-pyrrole nitrogens is 1. The van der Waals surface area contributed by atoms with E-state index in [1.54, 1.807) is 0 Å². The SMILES string of the molecule is CCc1nnc(NC(=O)CSC(C)c2nc3ccccc3[nH]2)s1. The van der Waals surface area contributed by atoms with Crippen molar-refractivity contribution in [1.82, 2.24) is 20.2 Å². The fourth-order valence-corrected chi connectivity index (χ4v) is 3.49. The molecule has 8 heteroatoms. The number of hydrogen-bond donors (Lipinski definition) is 2. The average molecular weight is 347 g/mol. The highest BCUT2D eigenvalue weighted by Gasteiger charge is 2.14. The molecule has 3 aromatic rings. The number of aromatic nitrogens is 4. The number of anilines is 1. The predicted molar refractivity (Wildman–Crippen MR) is 94.9 cm³/mol. The highest BCUT2D eigenvalue weighted by molar-refractivity contribution is 8.00. The Bertz CT molecular complexity index is 780. The maximum absolute atomic E-state index is 12.0. The number of nitrogens with zero attached hydrogens (tertiary/aromatic N) is 3. The van der Waals surface area contributed by atoms with Gasteiger partial charge in [0.2, 0.25) is 11.0 Å². The number of imidazole rings is 1. The zero-order valence-electron chi connectivity index (χ0n) is 12.9. The van der Waals surface area contributed by atoms with Gasteiger partial charge < -0.3 is 4.98 Å². The summed E-state index contributed by atoms with van der Waals surface area (Å²) in [5.41, 5.74) is 1.96. The van der Waals surface area contributed by atoms with Gasteiger partial charge in [0.25, 0.3) is 0 Å². The molecule has 1 aromatic carbocycles. The van der Waals surface area contributed by atoms with Crippen molar-refractivity contribution in [3.63, 3.8) is 0 Å². The van der Waals surface area contributed by atoms with Crippen LogP contribution in [0.4, 0.5) is 5.13 Å². The summed E-state index contributed by atoms with van der Waals surface area (Å²) in [6, 6.07) is 7.91. The third-order valence-electron chi connectivity index (χ3n) is 3.27. The topological polar surface area (TPSA) is 83.6 Å². The summed E-state index contributed by atoms with van der Waals surface area (Å²) in [6.45, 7) is 4.05. The van der Waals surface area contributed by atoms with Crippen molar-refractivity contribution in [2.24, 2.45) is 0 Å². The molecule has 1 atom stereocenters. The molecule has 0 saturated heterocycles. The summed E-state index contributed by atoms with van der Waals surface area (Å²) < 4.78 is 0. The first-order valence-electron chi connectivity index (χ1n) is 7.34. The van der Waals surface area contributed by atoms with Crippen LogP contribution in [0.3, 0.4) is 0 Å². The molecule has 23 heavy (non-hydrogen) atoms.